The van der Waals surface area contributed by atoms with Crippen LogP contribution in [0.15, 0.2) is 78.9 Å². The third-order valence-electron chi connectivity index (χ3n) is 5.08. The van der Waals surface area contributed by atoms with Gasteiger partial charge in [0.05, 0.1) is 0 Å². The molecule has 0 N–H and O–H groups in total. The Labute approximate surface area is 150 Å². The van der Waals surface area contributed by atoms with Gasteiger partial charge in [-0.05, 0) is 63.2 Å². The van der Waals surface area contributed by atoms with Crippen LogP contribution in [0.5, 0.6) is 0 Å². The van der Waals surface area contributed by atoms with Crippen molar-refractivity contribution in [2.45, 2.75) is 32.6 Å². The fourth-order valence-electron chi connectivity index (χ4n) is 3.78. The van der Waals surface area contributed by atoms with E-state index in [1.807, 2.05) is 0 Å². The fraction of sp³-hybridized carbons (Fsp3) is 0.200. The zero-order chi connectivity index (χ0) is 17.1. The van der Waals surface area contributed by atoms with Gasteiger partial charge in [0.1, 0.15) is 0 Å². The summed E-state index contributed by atoms with van der Waals surface area (Å²) in [5, 5.41) is 5.33. The highest BCUT2D eigenvalue weighted by molar-refractivity contribution is 6.05. The Hall–Kier alpha value is -2.60. The molecule has 4 aromatic carbocycles. The number of hydrogen-bond acceptors (Lipinski definition) is 0. The van der Waals surface area contributed by atoms with E-state index >= 15 is 0 Å². The number of aryl methyl sites for hydroxylation is 1. The third-order valence-corrected chi connectivity index (χ3v) is 5.08. The van der Waals surface area contributed by atoms with Crippen molar-refractivity contribution in [1.82, 2.24) is 0 Å². The van der Waals surface area contributed by atoms with Gasteiger partial charge in [-0.3, -0.25) is 0 Å². The fourth-order valence-corrected chi connectivity index (χ4v) is 3.78. The summed E-state index contributed by atoms with van der Waals surface area (Å²) in [6, 6.07) is 28.9. The second kappa shape index (κ2) is 7.11. The van der Waals surface area contributed by atoms with Crippen molar-refractivity contribution in [1.29, 1.82) is 0 Å². The summed E-state index contributed by atoms with van der Waals surface area (Å²) in [6.07, 6.45) is 4.97. The molecular formula is C25H24. The second-order valence-corrected chi connectivity index (χ2v) is 6.84. The number of unbranched alkanes of at least 4 members (excludes halogenated alkanes) is 2. The predicted molar refractivity (Wildman–Crippen MR) is 110 cm³/mol. The molecule has 0 amide bonds. The van der Waals surface area contributed by atoms with Crippen molar-refractivity contribution in [2.75, 3.05) is 0 Å². The van der Waals surface area contributed by atoms with Gasteiger partial charge in [0.25, 0.3) is 0 Å². The van der Waals surface area contributed by atoms with Gasteiger partial charge in [-0.1, -0.05) is 86.5 Å². The van der Waals surface area contributed by atoms with E-state index in [0.717, 1.165) is 6.42 Å². The maximum atomic E-state index is 2.37. The smallest absolute Gasteiger partial charge is 0.00731 e. The van der Waals surface area contributed by atoms with E-state index in [0.29, 0.717) is 0 Å². The zero-order valence-electron chi connectivity index (χ0n) is 14.8. The zero-order valence-corrected chi connectivity index (χ0v) is 14.8. The first kappa shape index (κ1) is 15.9. The topological polar surface area (TPSA) is 0 Å². The Morgan fingerprint density at radius 3 is 2.12 bits per heavy atom. The maximum absolute atomic E-state index is 2.37. The summed E-state index contributed by atoms with van der Waals surface area (Å²) >= 11 is 0. The van der Waals surface area contributed by atoms with Crippen LogP contribution in [0.25, 0.3) is 32.7 Å². The molecule has 0 radical (unpaired) electrons. The molecule has 0 saturated heterocycles. The largest absolute Gasteiger partial charge is 0.0654 e. The Morgan fingerprint density at radius 2 is 1.36 bits per heavy atom. The van der Waals surface area contributed by atoms with Crippen molar-refractivity contribution in [3.05, 3.63) is 84.4 Å². The van der Waals surface area contributed by atoms with E-state index in [1.165, 1.54) is 57.5 Å². The first-order valence-electron chi connectivity index (χ1n) is 9.36. The van der Waals surface area contributed by atoms with Crippen LogP contribution in [0, 0.1) is 0 Å². The van der Waals surface area contributed by atoms with E-state index < -0.39 is 0 Å². The summed E-state index contributed by atoms with van der Waals surface area (Å²) in [5.74, 6) is 0. The molecule has 0 heterocycles. The lowest BCUT2D eigenvalue weighted by Crippen LogP contribution is -1.93. The summed E-state index contributed by atoms with van der Waals surface area (Å²) in [4.78, 5) is 0. The summed E-state index contributed by atoms with van der Waals surface area (Å²) in [5.41, 5.74) is 4.22. The molecule has 0 aliphatic rings. The molecule has 0 bridgehead atoms. The standard InChI is InChI=1S/C25H24/c1-2-3-5-10-20-15-16-23-17-21-13-8-9-14-22(21)18-24(23)25(20)19-11-6-4-7-12-19/h4,6-9,11-18H,2-3,5,10H2,1H3. The summed E-state index contributed by atoms with van der Waals surface area (Å²) in [7, 11) is 0. The Balaban J connectivity index is 1.96. The van der Waals surface area contributed by atoms with Crippen LogP contribution in [0.4, 0.5) is 0 Å². The number of hydrogen-bond donors (Lipinski definition) is 0. The second-order valence-electron chi connectivity index (χ2n) is 6.84. The molecule has 4 rings (SSSR count). The normalized spacial score (nSPS) is 11.2. The van der Waals surface area contributed by atoms with Crippen LogP contribution in [0.1, 0.15) is 31.7 Å². The monoisotopic (exact) mass is 324 g/mol. The van der Waals surface area contributed by atoms with Gasteiger partial charge < -0.3 is 0 Å². The van der Waals surface area contributed by atoms with Crippen LogP contribution >= 0.6 is 0 Å². The van der Waals surface area contributed by atoms with Crippen molar-refractivity contribution < 1.29 is 0 Å². The quantitative estimate of drug-likeness (QED) is 0.265. The first-order chi connectivity index (χ1) is 12.4. The van der Waals surface area contributed by atoms with Crippen LogP contribution in [0.2, 0.25) is 0 Å². The summed E-state index contributed by atoms with van der Waals surface area (Å²) in [6.45, 7) is 2.27. The highest BCUT2D eigenvalue weighted by atomic mass is 14.1. The van der Waals surface area contributed by atoms with E-state index in [4.69, 9.17) is 0 Å². The van der Waals surface area contributed by atoms with Crippen molar-refractivity contribution in [2.24, 2.45) is 0 Å². The van der Waals surface area contributed by atoms with Gasteiger partial charge >= 0.3 is 0 Å². The lowest BCUT2D eigenvalue weighted by atomic mass is 9.89. The average molecular weight is 324 g/mol. The molecule has 0 aliphatic carbocycles. The van der Waals surface area contributed by atoms with Crippen LogP contribution in [-0.4, -0.2) is 0 Å². The van der Waals surface area contributed by atoms with Gasteiger partial charge in [0, 0.05) is 0 Å². The first-order valence-corrected chi connectivity index (χ1v) is 9.36. The van der Waals surface area contributed by atoms with Gasteiger partial charge in [0.15, 0.2) is 0 Å². The summed E-state index contributed by atoms with van der Waals surface area (Å²) < 4.78 is 0. The lowest BCUT2D eigenvalue weighted by Gasteiger charge is -2.15. The minimum Gasteiger partial charge on any atom is -0.0654 e. The molecule has 0 fully saturated rings. The predicted octanol–water partition coefficient (Wildman–Crippen LogP) is 7.39. The maximum Gasteiger partial charge on any atom is -0.00731 e. The van der Waals surface area contributed by atoms with E-state index in [2.05, 4.69) is 85.8 Å². The molecule has 4 aromatic rings. The molecule has 0 atom stereocenters. The molecular weight excluding hydrogens is 300 g/mol. The van der Waals surface area contributed by atoms with E-state index in [9.17, 15) is 0 Å². The van der Waals surface area contributed by atoms with Crippen molar-refractivity contribution >= 4 is 21.5 Å². The molecule has 25 heavy (non-hydrogen) atoms. The SMILES string of the molecule is CCCCCc1ccc2cc3ccccc3cc2c1-c1ccccc1. The van der Waals surface area contributed by atoms with Gasteiger partial charge in [-0.15, -0.1) is 0 Å². The molecule has 0 saturated carbocycles. The van der Waals surface area contributed by atoms with Crippen LogP contribution in [-0.2, 0) is 6.42 Å². The van der Waals surface area contributed by atoms with Gasteiger partial charge in [-0.2, -0.15) is 0 Å². The number of benzene rings is 4. The number of rotatable bonds is 5. The Bertz CT molecular complexity index is 996. The Kier molecular flexibility index (Phi) is 4.52. The average Bonchev–Trinajstić information content (AvgIpc) is 2.67. The third kappa shape index (κ3) is 3.17. The number of fused-ring (bicyclic) bond motifs is 2. The lowest BCUT2D eigenvalue weighted by molar-refractivity contribution is 0.718. The van der Waals surface area contributed by atoms with E-state index in [1.54, 1.807) is 0 Å². The molecule has 0 unspecified atom stereocenters. The van der Waals surface area contributed by atoms with Gasteiger partial charge in [-0.25, -0.2) is 0 Å². The minimum absolute atomic E-state index is 1.15. The van der Waals surface area contributed by atoms with E-state index in [-0.39, 0.29) is 0 Å². The highest BCUT2D eigenvalue weighted by Gasteiger charge is 2.11. The molecule has 124 valence electrons. The van der Waals surface area contributed by atoms with Crippen LogP contribution < -0.4 is 0 Å². The minimum atomic E-state index is 1.15. The molecule has 0 aliphatic heterocycles. The van der Waals surface area contributed by atoms with Crippen molar-refractivity contribution in [3.63, 3.8) is 0 Å². The highest BCUT2D eigenvalue weighted by Crippen LogP contribution is 2.35. The Morgan fingerprint density at radius 1 is 0.640 bits per heavy atom. The van der Waals surface area contributed by atoms with Gasteiger partial charge in [0.2, 0.25) is 0 Å². The molecule has 0 aromatic heterocycles. The molecule has 0 spiro atoms. The van der Waals surface area contributed by atoms with Crippen molar-refractivity contribution in [3.8, 4) is 11.1 Å². The van der Waals surface area contributed by atoms with Crippen LogP contribution in [0.3, 0.4) is 0 Å². The molecule has 0 heteroatoms. The molecule has 0 nitrogen and oxygen atoms in total.